The van der Waals surface area contributed by atoms with Crippen molar-refractivity contribution in [1.29, 1.82) is 0 Å². The maximum absolute atomic E-state index is 2.43. The van der Waals surface area contributed by atoms with Gasteiger partial charge in [-0.3, -0.25) is 0 Å². The van der Waals surface area contributed by atoms with Gasteiger partial charge in [-0.25, -0.2) is 0 Å². The Morgan fingerprint density at radius 3 is 2.17 bits per heavy atom. The van der Waals surface area contributed by atoms with Crippen molar-refractivity contribution in [3.63, 3.8) is 0 Å². The number of aryl methyl sites for hydroxylation is 1. The third-order valence-electron chi connectivity index (χ3n) is 3.49. The molecule has 0 nitrogen and oxygen atoms in total. The van der Waals surface area contributed by atoms with E-state index in [1.807, 2.05) is 0 Å². The fourth-order valence-electron chi connectivity index (χ4n) is 2.62. The minimum absolute atomic E-state index is 0.167. The minimum atomic E-state index is -0.167. The molecule has 18 heavy (non-hydrogen) atoms. The van der Waals surface area contributed by atoms with Crippen molar-refractivity contribution in [2.24, 2.45) is 0 Å². The van der Waals surface area contributed by atoms with Crippen molar-refractivity contribution in [2.45, 2.75) is 33.1 Å². The fourth-order valence-corrected chi connectivity index (χ4v) is 6.32. The summed E-state index contributed by atoms with van der Waals surface area (Å²) in [5.41, 5.74) is 1.88. The van der Waals surface area contributed by atoms with E-state index >= 15 is 0 Å². The molecule has 0 fully saturated rings. The van der Waals surface area contributed by atoms with Crippen LogP contribution in [0, 0.1) is 6.92 Å². The van der Waals surface area contributed by atoms with E-state index in [2.05, 4.69) is 64.1 Å². The summed E-state index contributed by atoms with van der Waals surface area (Å²) in [6.45, 7) is 9.36. The molecule has 0 aliphatic carbocycles. The first-order valence-electron chi connectivity index (χ1n) is 6.39. The molecule has 0 spiro atoms. The number of rotatable bonds is 0. The van der Waals surface area contributed by atoms with Gasteiger partial charge in [-0.15, -0.1) is 0 Å². The van der Waals surface area contributed by atoms with Crippen molar-refractivity contribution < 1.29 is 0 Å². The molecule has 2 aromatic carbocycles. The Morgan fingerprint density at radius 2 is 1.56 bits per heavy atom. The van der Waals surface area contributed by atoms with Gasteiger partial charge in [-0.1, -0.05) is 0 Å². The topological polar surface area (TPSA) is 0 Å². The number of hydrogen-bond donors (Lipinski definition) is 0. The van der Waals surface area contributed by atoms with Crippen LogP contribution in [0.4, 0.5) is 0 Å². The Kier molecular flexibility index (Phi) is 2.81. The molecule has 0 bridgehead atoms. The molecular formula is C17H18Te. The van der Waals surface area contributed by atoms with Crippen molar-refractivity contribution in [2.75, 3.05) is 0 Å². The van der Waals surface area contributed by atoms with Gasteiger partial charge < -0.3 is 0 Å². The molecule has 1 heterocycles. The Bertz CT molecular complexity index is 726. The van der Waals surface area contributed by atoms with Gasteiger partial charge in [0.25, 0.3) is 0 Å². The van der Waals surface area contributed by atoms with E-state index in [1.54, 1.807) is 12.5 Å². The Labute approximate surface area is 118 Å². The van der Waals surface area contributed by atoms with Crippen LogP contribution in [0.2, 0.25) is 0 Å². The zero-order chi connectivity index (χ0) is 12.9. The van der Waals surface area contributed by atoms with Gasteiger partial charge in [-0.05, 0) is 0 Å². The standard InChI is InChI=1S/C17H18Te/c1-11-14-9-12-7-5-6-8-13(12)10-15(14)18-16(11)17(2,3)4/h5-10H,1-4H3. The predicted molar refractivity (Wildman–Crippen MR) is 81.8 cm³/mol. The Morgan fingerprint density at radius 1 is 0.944 bits per heavy atom. The molecule has 1 heteroatoms. The van der Waals surface area contributed by atoms with Gasteiger partial charge in [0, 0.05) is 0 Å². The van der Waals surface area contributed by atoms with Crippen LogP contribution in [0.1, 0.15) is 29.9 Å². The van der Waals surface area contributed by atoms with Crippen molar-refractivity contribution in [1.82, 2.24) is 0 Å². The summed E-state index contributed by atoms with van der Waals surface area (Å²) in [6, 6.07) is 13.5. The quantitative estimate of drug-likeness (QED) is 0.518. The molecule has 0 aliphatic heterocycles. The Balaban J connectivity index is 2.40. The zero-order valence-corrected chi connectivity index (χ0v) is 13.7. The summed E-state index contributed by atoms with van der Waals surface area (Å²) in [6.07, 6.45) is 0. The average Bonchev–Trinajstić information content (AvgIpc) is 2.64. The second-order valence-corrected chi connectivity index (χ2v) is 9.00. The van der Waals surface area contributed by atoms with Crippen LogP contribution < -0.4 is 0 Å². The molecule has 0 unspecified atom stereocenters. The third kappa shape index (κ3) is 1.91. The summed E-state index contributed by atoms with van der Waals surface area (Å²) in [5, 5.41) is 4.28. The van der Waals surface area contributed by atoms with E-state index in [1.165, 1.54) is 16.2 Å². The summed E-state index contributed by atoms with van der Waals surface area (Å²) in [7, 11) is 0. The molecule has 0 N–H and O–H groups in total. The van der Waals surface area contributed by atoms with Gasteiger partial charge in [0.05, 0.1) is 0 Å². The van der Waals surface area contributed by atoms with Gasteiger partial charge in [0.2, 0.25) is 0 Å². The van der Waals surface area contributed by atoms with Gasteiger partial charge in [0.1, 0.15) is 0 Å². The maximum atomic E-state index is 2.43. The first-order chi connectivity index (χ1) is 8.47. The van der Waals surface area contributed by atoms with E-state index < -0.39 is 0 Å². The van der Waals surface area contributed by atoms with Crippen LogP contribution in [0.3, 0.4) is 0 Å². The third-order valence-corrected chi connectivity index (χ3v) is 8.28. The molecule has 92 valence electrons. The second-order valence-electron chi connectivity index (χ2n) is 6.00. The number of hydrogen-bond acceptors (Lipinski definition) is 0. The fraction of sp³-hybridized carbons (Fsp3) is 0.294. The van der Waals surface area contributed by atoms with Crippen molar-refractivity contribution in [3.05, 3.63) is 45.5 Å². The number of fused-ring (bicyclic) bond motifs is 2. The normalized spacial score (nSPS) is 12.4. The molecule has 0 radical (unpaired) electrons. The Hall–Kier alpha value is -0.770. The summed E-state index contributed by atoms with van der Waals surface area (Å²) < 4.78 is 3.35. The molecule has 1 aromatic heterocycles. The molecule has 0 amide bonds. The first-order valence-corrected chi connectivity index (χ1v) is 8.72. The monoisotopic (exact) mass is 352 g/mol. The summed E-state index contributed by atoms with van der Waals surface area (Å²) in [4.78, 5) is 0. The molecule has 0 saturated carbocycles. The summed E-state index contributed by atoms with van der Waals surface area (Å²) >= 11 is -0.167. The predicted octanol–water partition coefficient (Wildman–Crippen LogP) is 4.66. The second kappa shape index (κ2) is 4.12. The zero-order valence-electron chi connectivity index (χ0n) is 11.4. The number of benzene rings is 2. The molecular weight excluding hydrogens is 332 g/mol. The van der Waals surface area contributed by atoms with Crippen LogP contribution in [0.15, 0.2) is 36.4 Å². The first kappa shape index (κ1) is 12.3. The molecule has 3 aromatic rings. The molecule has 0 aliphatic rings. The van der Waals surface area contributed by atoms with Crippen LogP contribution in [-0.4, -0.2) is 20.4 Å². The van der Waals surface area contributed by atoms with Crippen LogP contribution >= 0.6 is 0 Å². The molecule has 0 atom stereocenters. The molecule has 3 rings (SSSR count). The van der Waals surface area contributed by atoms with Gasteiger partial charge in [-0.2, -0.15) is 0 Å². The van der Waals surface area contributed by atoms with Gasteiger partial charge >= 0.3 is 119 Å². The molecule has 0 saturated heterocycles. The van der Waals surface area contributed by atoms with Crippen LogP contribution in [0.25, 0.3) is 19.6 Å². The van der Waals surface area contributed by atoms with E-state index in [9.17, 15) is 0 Å². The summed E-state index contributed by atoms with van der Waals surface area (Å²) in [5.74, 6) is 0. The van der Waals surface area contributed by atoms with Gasteiger partial charge in [0.15, 0.2) is 0 Å². The van der Waals surface area contributed by atoms with E-state index in [4.69, 9.17) is 0 Å². The van der Waals surface area contributed by atoms with E-state index in [-0.39, 0.29) is 20.4 Å². The van der Waals surface area contributed by atoms with E-state index in [0.29, 0.717) is 5.41 Å². The SMILES string of the molecule is Cc1c(C(C)(C)C)[te]c2cc3ccccc3cc12. The van der Waals surface area contributed by atoms with Crippen molar-refractivity contribution in [3.8, 4) is 0 Å². The van der Waals surface area contributed by atoms with Crippen LogP contribution in [-0.2, 0) is 5.41 Å². The van der Waals surface area contributed by atoms with E-state index in [0.717, 1.165) is 0 Å². The van der Waals surface area contributed by atoms with Crippen LogP contribution in [0.5, 0.6) is 0 Å². The average molecular weight is 350 g/mol. The van der Waals surface area contributed by atoms with Crippen molar-refractivity contribution >= 4 is 40.0 Å².